The normalized spacial score (nSPS) is 12.0. The maximum Gasteiger partial charge on any atom is 0.251 e. The van der Waals surface area contributed by atoms with Crippen molar-refractivity contribution in [3.8, 4) is 5.82 Å². The minimum absolute atomic E-state index is 0.0344. The molecule has 2 heterocycles. The minimum Gasteiger partial charge on any atom is -0.365 e. The molecule has 2 aromatic heterocycles. The number of imidazole rings is 1. The molecule has 0 aliphatic rings. The second kappa shape index (κ2) is 9.71. The van der Waals surface area contributed by atoms with Crippen molar-refractivity contribution in [1.29, 1.82) is 0 Å². The predicted molar refractivity (Wildman–Crippen MR) is 115 cm³/mol. The van der Waals surface area contributed by atoms with Crippen LogP contribution < -0.4 is 10.6 Å². The number of hydrogen-bond acceptors (Lipinski definition) is 5. The Morgan fingerprint density at radius 3 is 2.59 bits per heavy atom. The van der Waals surface area contributed by atoms with E-state index in [0.29, 0.717) is 34.7 Å². The van der Waals surface area contributed by atoms with Crippen molar-refractivity contribution in [3.63, 3.8) is 0 Å². The van der Waals surface area contributed by atoms with E-state index in [2.05, 4.69) is 39.4 Å². The number of anilines is 1. The van der Waals surface area contributed by atoms with E-state index in [9.17, 15) is 4.79 Å². The number of rotatable bonds is 8. The quantitative estimate of drug-likeness (QED) is 0.520. The molecule has 0 unspecified atom stereocenters. The van der Waals surface area contributed by atoms with E-state index in [-0.39, 0.29) is 17.2 Å². The Bertz CT molecular complexity index is 944. The Morgan fingerprint density at radius 1 is 1.17 bits per heavy atom. The lowest BCUT2D eigenvalue weighted by Crippen LogP contribution is -2.37. The van der Waals surface area contributed by atoms with E-state index in [0.717, 1.165) is 6.42 Å². The van der Waals surface area contributed by atoms with Gasteiger partial charge < -0.3 is 10.6 Å². The fraction of sp³-hybridized carbons (Fsp3) is 0.300. The Balaban J connectivity index is 1.70. The van der Waals surface area contributed by atoms with Gasteiger partial charge in [0, 0.05) is 41.6 Å². The van der Waals surface area contributed by atoms with Gasteiger partial charge in [-0.15, -0.1) is 0 Å². The fourth-order valence-corrected chi connectivity index (χ4v) is 3.20. The Hall–Kier alpha value is -2.64. The lowest BCUT2D eigenvalue weighted by molar-refractivity contribution is 0.0951. The molecule has 2 N–H and O–H groups in total. The first-order valence-corrected chi connectivity index (χ1v) is 9.99. The predicted octanol–water partition coefficient (Wildman–Crippen LogP) is 4.23. The summed E-state index contributed by atoms with van der Waals surface area (Å²) in [6.45, 7) is 4.68. The van der Waals surface area contributed by atoms with Gasteiger partial charge in [-0.05, 0) is 48.2 Å². The van der Waals surface area contributed by atoms with Crippen LogP contribution in [0.1, 0.15) is 30.6 Å². The summed E-state index contributed by atoms with van der Waals surface area (Å²) >= 11 is 12.0. The summed E-state index contributed by atoms with van der Waals surface area (Å²) in [4.78, 5) is 24.9. The first kappa shape index (κ1) is 21.1. The molecule has 152 valence electrons. The number of nitrogens with one attached hydrogen (secondary N) is 2. The molecule has 7 nitrogen and oxygen atoms in total. The smallest absolute Gasteiger partial charge is 0.251 e. The van der Waals surface area contributed by atoms with Crippen LogP contribution in [0.25, 0.3) is 5.82 Å². The van der Waals surface area contributed by atoms with Crippen molar-refractivity contribution in [2.45, 2.75) is 26.3 Å². The summed E-state index contributed by atoms with van der Waals surface area (Å²) in [5.41, 5.74) is 0.560. The molecule has 1 atom stereocenters. The Labute approximate surface area is 179 Å². The molecule has 0 aliphatic heterocycles. The average molecular weight is 433 g/mol. The van der Waals surface area contributed by atoms with Crippen molar-refractivity contribution in [3.05, 3.63) is 64.9 Å². The van der Waals surface area contributed by atoms with Crippen LogP contribution in [0.2, 0.25) is 10.3 Å². The van der Waals surface area contributed by atoms with Crippen molar-refractivity contribution >= 4 is 34.9 Å². The summed E-state index contributed by atoms with van der Waals surface area (Å²) in [7, 11) is 0. The van der Waals surface area contributed by atoms with Crippen molar-refractivity contribution in [2.75, 3.05) is 11.9 Å². The molecule has 0 radical (unpaired) electrons. The molecule has 9 heteroatoms. The number of halogens is 2. The fourth-order valence-electron chi connectivity index (χ4n) is 2.90. The van der Waals surface area contributed by atoms with Gasteiger partial charge in [-0.25, -0.2) is 9.97 Å². The van der Waals surface area contributed by atoms with Crippen molar-refractivity contribution in [2.24, 2.45) is 5.92 Å². The van der Waals surface area contributed by atoms with Crippen molar-refractivity contribution < 1.29 is 4.79 Å². The van der Waals surface area contributed by atoms with Gasteiger partial charge >= 0.3 is 0 Å². The van der Waals surface area contributed by atoms with Crippen LogP contribution in [0.3, 0.4) is 0 Å². The number of amides is 1. The van der Waals surface area contributed by atoms with Gasteiger partial charge in [0.1, 0.15) is 18.0 Å². The van der Waals surface area contributed by atoms with Crippen molar-refractivity contribution in [1.82, 2.24) is 24.8 Å². The SMILES string of the molecule is CC(C)C[C@H](CNC(=O)c1ccc(Cl)cc1)Nc1cc(-n2ccnc2)nc(Cl)n1. The van der Waals surface area contributed by atoms with Crippen LogP contribution in [0.5, 0.6) is 0 Å². The topological polar surface area (TPSA) is 84.7 Å². The van der Waals surface area contributed by atoms with Crippen LogP contribution in [0.4, 0.5) is 5.82 Å². The lowest BCUT2D eigenvalue weighted by Gasteiger charge is -2.22. The van der Waals surface area contributed by atoms with Gasteiger partial charge in [0.15, 0.2) is 0 Å². The second-order valence-electron chi connectivity index (χ2n) is 7.04. The zero-order chi connectivity index (χ0) is 20.8. The maximum absolute atomic E-state index is 12.4. The molecule has 3 aromatic rings. The highest BCUT2D eigenvalue weighted by molar-refractivity contribution is 6.30. The van der Waals surface area contributed by atoms with Gasteiger partial charge in [0.2, 0.25) is 5.28 Å². The van der Waals surface area contributed by atoms with Crippen LogP contribution >= 0.6 is 23.2 Å². The third-order valence-corrected chi connectivity index (χ3v) is 4.60. The first-order valence-electron chi connectivity index (χ1n) is 9.24. The molecule has 0 saturated carbocycles. The standard InChI is InChI=1S/C20H22Cl2N6O/c1-13(2)9-16(11-24-19(29)14-3-5-15(21)6-4-14)25-17-10-18(27-20(22)26-17)28-8-7-23-12-28/h3-8,10,12-13,16H,9,11H2,1-2H3,(H,24,29)(H,25,26,27)/t16-/m1/s1. The first-order chi connectivity index (χ1) is 13.9. The van der Waals surface area contributed by atoms with Gasteiger partial charge in [0.25, 0.3) is 5.91 Å². The largest absolute Gasteiger partial charge is 0.365 e. The van der Waals surface area contributed by atoms with Crippen LogP contribution in [0, 0.1) is 5.92 Å². The summed E-state index contributed by atoms with van der Waals surface area (Å²) in [5.74, 6) is 1.46. The number of carbonyl (C=O) groups is 1. The molecule has 0 aliphatic carbocycles. The molecular formula is C20H22Cl2N6O. The minimum atomic E-state index is -0.156. The zero-order valence-corrected chi connectivity index (χ0v) is 17.7. The highest BCUT2D eigenvalue weighted by Crippen LogP contribution is 2.17. The van der Waals surface area contributed by atoms with E-state index in [1.165, 1.54) is 0 Å². The van der Waals surface area contributed by atoms with Crippen LogP contribution in [-0.4, -0.2) is 38.0 Å². The number of aromatic nitrogens is 4. The highest BCUT2D eigenvalue weighted by Gasteiger charge is 2.15. The van der Waals surface area contributed by atoms with Crippen LogP contribution in [-0.2, 0) is 0 Å². The summed E-state index contributed by atoms with van der Waals surface area (Å²) in [5, 5.41) is 7.05. The molecule has 1 aromatic carbocycles. The number of carbonyl (C=O) groups excluding carboxylic acids is 1. The van der Waals surface area contributed by atoms with Gasteiger partial charge in [-0.3, -0.25) is 9.36 Å². The summed E-state index contributed by atoms with van der Waals surface area (Å²) in [6.07, 6.45) is 5.92. The van der Waals surface area contributed by atoms with E-state index in [1.54, 1.807) is 53.6 Å². The number of nitrogens with zero attached hydrogens (tertiary/aromatic N) is 4. The second-order valence-corrected chi connectivity index (χ2v) is 7.81. The molecule has 0 saturated heterocycles. The van der Waals surface area contributed by atoms with E-state index in [4.69, 9.17) is 23.2 Å². The average Bonchev–Trinajstić information content (AvgIpc) is 3.20. The summed E-state index contributed by atoms with van der Waals surface area (Å²) in [6, 6.07) is 8.55. The number of benzene rings is 1. The molecule has 1 amide bonds. The molecule has 0 fully saturated rings. The molecule has 0 bridgehead atoms. The molecular weight excluding hydrogens is 411 g/mol. The third kappa shape index (κ3) is 6.17. The lowest BCUT2D eigenvalue weighted by atomic mass is 10.0. The van der Waals surface area contributed by atoms with Gasteiger partial charge in [-0.1, -0.05) is 25.4 Å². The Morgan fingerprint density at radius 2 is 1.93 bits per heavy atom. The number of hydrogen-bond donors (Lipinski definition) is 2. The summed E-state index contributed by atoms with van der Waals surface area (Å²) < 4.78 is 1.75. The third-order valence-electron chi connectivity index (χ3n) is 4.18. The monoisotopic (exact) mass is 432 g/mol. The van der Waals surface area contributed by atoms with Gasteiger partial charge in [-0.2, -0.15) is 4.98 Å². The molecule has 0 spiro atoms. The highest BCUT2D eigenvalue weighted by atomic mass is 35.5. The van der Waals surface area contributed by atoms with Crippen LogP contribution in [0.15, 0.2) is 49.1 Å². The maximum atomic E-state index is 12.4. The van der Waals surface area contributed by atoms with E-state index < -0.39 is 0 Å². The van der Waals surface area contributed by atoms with E-state index in [1.807, 2.05) is 0 Å². The Kier molecular flexibility index (Phi) is 7.06. The molecule has 29 heavy (non-hydrogen) atoms. The zero-order valence-electron chi connectivity index (χ0n) is 16.1. The van der Waals surface area contributed by atoms with Gasteiger partial charge in [0.05, 0.1) is 0 Å². The van der Waals surface area contributed by atoms with E-state index >= 15 is 0 Å². The molecule has 3 rings (SSSR count).